The van der Waals surface area contributed by atoms with E-state index in [0.29, 0.717) is 5.69 Å². The van der Waals surface area contributed by atoms with E-state index < -0.39 is 0 Å². The highest BCUT2D eigenvalue weighted by Gasteiger charge is 2.24. The number of aromatic amines is 1. The van der Waals surface area contributed by atoms with Crippen LogP contribution in [0, 0.1) is 0 Å². The van der Waals surface area contributed by atoms with Gasteiger partial charge in [0, 0.05) is 18.2 Å². The Bertz CT molecular complexity index is 513. The maximum atomic E-state index is 11.9. The third-order valence-corrected chi connectivity index (χ3v) is 3.20. The van der Waals surface area contributed by atoms with Crippen molar-refractivity contribution in [3.63, 3.8) is 0 Å². The summed E-state index contributed by atoms with van der Waals surface area (Å²) < 4.78 is 5.40. The topological polar surface area (TPSA) is 58.0 Å². The summed E-state index contributed by atoms with van der Waals surface area (Å²) in [5, 5.41) is 3.03. The SMILES string of the molecule is O=C(N[C@H]1CCCc2occc21)c1ccc[nH]1. The Morgan fingerprint density at radius 2 is 2.41 bits per heavy atom. The van der Waals surface area contributed by atoms with Crippen LogP contribution in [-0.2, 0) is 6.42 Å². The van der Waals surface area contributed by atoms with Crippen molar-refractivity contribution in [2.24, 2.45) is 0 Å². The normalized spacial score (nSPS) is 18.7. The highest BCUT2D eigenvalue weighted by Crippen LogP contribution is 2.30. The summed E-state index contributed by atoms with van der Waals surface area (Å²) in [6, 6.07) is 5.62. The summed E-state index contributed by atoms with van der Waals surface area (Å²) in [4.78, 5) is 14.8. The maximum Gasteiger partial charge on any atom is 0.268 e. The molecule has 0 aliphatic heterocycles. The molecule has 0 unspecified atom stereocenters. The third-order valence-electron chi connectivity index (χ3n) is 3.20. The van der Waals surface area contributed by atoms with Crippen LogP contribution in [0.1, 0.15) is 40.7 Å². The molecule has 0 saturated heterocycles. The van der Waals surface area contributed by atoms with Crippen molar-refractivity contribution in [1.29, 1.82) is 0 Å². The van der Waals surface area contributed by atoms with Gasteiger partial charge in [-0.3, -0.25) is 4.79 Å². The zero-order chi connectivity index (χ0) is 11.7. The number of fused-ring (bicyclic) bond motifs is 1. The number of hydrogen-bond acceptors (Lipinski definition) is 2. The number of amides is 1. The number of aryl methyl sites for hydroxylation is 1. The molecule has 3 rings (SSSR count). The number of aromatic nitrogens is 1. The van der Waals surface area contributed by atoms with Crippen molar-refractivity contribution in [1.82, 2.24) is 10.3 Å². The van der Waals surface area contributed by atoms with Gasteiger partial charge in [0.1, 0.15) is 11.5 Å². The van der Waals surface area contributed by atoms with Gasteiger partial charge < -0.3 is 14.7 Å². The van der Waals surface area contributed by atoms with Gasteiger partial charge >= 0.3 is 0 Å². The van der Waals surface area contributed by atoms with Gasteiger partial charge in [-0.15, -0.1) is 0 Å². The fourth-order valence-corrected chi connectivity index (χ4v) is 2.34. The predicted octanol–water partition coefficient (Wildman–Crippen LogP) is 2.42. The quantitative estimate of drug-likeness (QED) is 0.832. The van der Waals surface area contributed by atoms with E-state index in [4.69, 9.17) is 4.42 Å². The first kappa shape index (κ1) is 10.2. The number of carbonyl (C=O) groups excluding carboxylic acids is 1. The Kier molecular flexibility index (Phi) is 2.48. The minimum absolute atomic E-state index is 0.0611. The lowest BCUT2D eigenvalue weighted by atomic mass is 9.93. The smallest absolute Gasteiger partial charge is 0.268 e. The minimum Gasteiger partial charge on any atom is -0.469 e. The molecule has 4 heteroatoms. The van der Waals surface area contributed by atoms with Gasteiger partial charge in [0.25, 0.3) is 5.91 Å². The summed E-state index contributed by atoms with van der Waals surface area (Å²) in [6.45, 7) is 0. The summed E-state index contributed by atoms with van der Waals surface area (Å²) >= 11 is 0. The molecule has 88 valence electrons. The van der Waals surface area contributed by atoms with Crippen molar-refractivity contribution in [2.45, 2.75) is 25.3 Å². The highest BCUT2D eigenvalue weighted by atomic mass is 16.3. The Hall–Kier alpha value is -1.97. The van der Waals surface area contributed by atoms with Crippen molar-refractivity contribution in [3.8, 4) is 0 Å². The van der Waals surface area contributed by atoms with Crippen LogP contribution in [0.15, 0.2) is 35.1 Å². The zero-order valence-corrected chi connectivity index (χ0v) is 9.40. The molecule has 2 aromatic heterocycles. The molecule has 2 N–H and O–H groups in total. The first-order chi connectivity index (χ1) is 8.34. The second-order valence-electron chi connectivity index (χ2n) is 4.30. The summed E-state index contributed by atoms with van der Waals surface area (Å²) in [5.74, 6) is 0.946. The second-order valence-corrected chi connectivity index (χ2v) is 4.30. The predicted molar refractivity (Wildman–Crippen MR) is 62.6 cm³/mol. The average Bonchev–Trinajstić information content (AvgIpc) is 3.00. The first-order valence-electron chi connectivity index (χ1n) is 5.85. The Balaban J connectivity index is 1.77. The molecular weight excluding hydrogens is 216 g/mol. The fourth-order valence-electron chi connectivity index (χ4n) is 2.34. The van der Waals surface area contributed by atoms with E-state index in [-0.39, 0.29) is 11.9 Å². The van der Waals surface area contributed by atoms with Crippen LogP contribution in [-0.4, -0.2) is 10.9 Å². The van der Waals surface area contributed by atoms with E-state index in [1.807, 2.05) is 12.1 Å². The lowest BCUT2D eigenvalue weighted by Gasteiger charge is -2.22. The fraction of sp³-hybridized carbons (Fsp3) is 0.308. The molecule has 17 heavy (non-hydrogen) atoms. The van der Waals surface area contributed by atoms with Crippen LogP contribution in [0.5, 0.6) is 0 Å². The Morgan fingerprint density at radius 1 is 1.47 bits per heavy atom. The van der Waals surface area contributed by atoms with E-state index in [1.54, 1.807) is 18.5 Å². The molecule has 0 saturated carbocycles. The molecule has 4 nitrogen and oxygen atoms in total. The summed E-state index contributed by atoms with van der Waals surface area (Å²) in [5.41, 5.74) is 1.72. The van der Waals surface area contributed by atoms with E-state index in [1.165, 1.54) is 0 Å². The molecule has 0 spiro atoms. The van der Waals surface area contributed by atoms with Crippen LogP contribution in [0.2, 0.25) is 0 Å². The van der Waals surface area contributed by atoms with Gasteiger partial charge in [0.15, 0.2) is 0 Å². The van der Waals surface area contributed by atoms with Gasteiger partial charge in [-0.1, -0.05) is 0 Å². The van der Waals surface area contributed by atoms with Crippen LogP contribution in [0.25, 0.3) is 0 Å². The molecule has 2 heterocycles. The maximum absolute atomic E-state index is 11.9. The van der Waals surface area contributed by atoms with Gasteiger partial charge in [-0.2, -0.15) is 0 Å². The van der Waals surface area contributed by atoms with Crippen LogP contribution in [0.4, 0.5) is 0 Å². The largest absolute Gasteiger partial charge is 0.469 e. The molecular formula is C13H14N2O2. The average molecular weight is 230 g/mol. The second kappa shape index (κ2) is 4.13. The van der Waals surface area contributed by atoms with Gasteiger partial charge in [-0.25, -0.2) is 0 Å². The molecule has 2 aromatic rings. The molecule has 0 bridgehead atoms. The molecule has 0 fully saturated rings. The molecule has 1 aliphatic rings. The molecule has 0 aromatic carbocycles. The lowest BCUT2D eigenvalue weighted by molar-refractivity contribution is 0.0928. The number of rotatable bonds is 2. The van der Waals surface area contributed by atoms with Gasteiger partial charge in [0.2, 0.25) is 0 Å². The van der Waals surface area contributed by atoms with Crippen molar-refractivity contribution in [2.75, 3.05) is 0 Å². The number of carbonyl (C=O) groups is 1. The van der Waals surface area contributed by atoms with Crippen molar-refractivity contribution < 1.29 is 9.21 Å². The Morgan fingerprint density at radius 3 is 3.24 bits per heavy atom. The zero-order valence-electron chi connectivity index (χ0n) is 9.40. The Labute approximate surface area is 99.0 Å². The van der Waals surface area contributed by atoms with Crippen molar-refractivity contribution >= 4 is 5.91 Å². The molecule has 1 aliphatic carbocycles. The minimum atomic E-state index is -0.0611. The number of H-pyrrole nitrogens is 1. The number of hydrogen-bond donors (Lipinski definition) is 2. The van der Waals surface area contributed by atoms with Gasteiger partial charge in [-0.05, 0) is 31.0 Å². The van der Waals surface area contributed by atoms with Crippen LogP contribution >= 0.6 is 0 Å². The van der Waals surface area contributed by atoms with E-state index in [9.17, 15) is 4.79 Å². The van der Waals surface area contributed by atoms with Crippen LogP contribution < -0.4 is 5.32 Å². The molecule has 1 amide bonds. The summed E-state index contributed by atoms with van der Waals surface area (Å²) in [7, 11) is 0. The van der Waals surface area contributed by atoms with E-state index >= 15 is 0 Å². The van der Waals surface area contributed by atoms with E-state index in [2.05, 4.69) is 10.3 Å². The summed E-state index contributed by atoms with van der Waals surface area (Å²) in [6.07, 6.45) is 6.44. The standard InChI is InChI=1S/C13H14N2O2/c16-13(11-4-2-7-14-11)15-10-3-1-5-12-9(10)6-8-17-12/h2,4,6-8,10,14H,1,3,5H2,(H,15,16)/t10-/m0/s1. The van der Waals surface area contributed by atoms with Crippen LogP contribution in [0.3, 0.4) is 0 Å². The number of furan rings is 1. The van der Waals surface area contributed by atoms with Gasteiger partial charge in [0.05, 0.1) is 12.3 Å². The molecule has 1 atom stereocenters. The first-order valence-corrected chi connectivity index (χ1v) is 5.85. The number of nitrogens with one attached hydrogen (secondary N) is 2. The third kappa shape index (κ3) is 1.86. The van der Waals surface area contributed by atoms with Crippen molar-refractivity contribution in [3.05, 3.63) is 47.7 Å². The monoisotopic (exact) mass is 230 g/mol. The van der Waals surface area contributed by atoms with E-state index in [0.717, 1.165) is 30.6 Å². The lowest BCUT2D eigenvalue weighted by Crippen LogP contribution is -2.30. The molecule has 0 radical (unpaired) electrons. The highest BCUT2D eigenvalue weighted by molar-refractivity contribution is 5.92.